The molecule has 6 nitrogen and oxygen atoms in total. The van der Waals surface area contributed by atoms with Gasteiger partial charge in [0.2, 0.25) is 0 Å². The van der Waals surface area contributed by atoms with Gasteiger partial charge in [-0.15, -0.1) is 0 Å². The molecular formula is C18H28N2O4. The van der Waals surface area contributed by atoms with Crippen LogP contribution in [0.3, 0.4) is 0 Å². The van der Waals surface area contributed by atoms with Crippen LogP contribution in [0.4, 0.5) is 10.5 Å². The molecule has 1 aromatic rings. The van der Waals surface area contributed by atoms with Gasteiger partial charge in [0.15, 0.2) is 11.5 Å². The molecule has 1 fully saturated rings. The van der Waals surface area contributed by atoms with E-state index in [-0.39, 0.29) is 11.5 Å². The van der Waals surface area contributed by atoms with E-state index < -0.39 is 11.7 Å². The summed E-state index contributed by atoms with van der Waals surface area (Å²) >= 11 is 0. The van der Waals surface area contributed by atoms with Gasteiger partial charge in [-0.3, -0.25) is 5.32 Å². The van der Waals surface area contributed by atoms with Crippen molar-refractivity contribution in [2.24, 2.45) is 5.73 Å². The molecule has 0 aliphatic heterocycles. The summed E-state index contributed by atoms with van der Waals surface area (Å²) in [4.78, 5) is 12.2. The van der Waals surface area contributed by atoms with Crippen molar-refractivity contribution >= 4 is 11.8 Å². The minimum atomic E-state index is -0.570. The number of methoxy groups -OCH3 is 2. The van der Waals surface area contributed by atoms with Gasteiger partial charge in [-0.1, -0.05) is 0 Å². The van der Waals surface area contributed by atoms with Gasteiger partial charge in [0, 0.05) is 17.5 Å². The van der Waals surface area contributed by atoms with E-state index in [2.05, 4.69) is 5.32 Å². The van der Waals surface area contributed by atoms with E-state index in [0.29, 0.717) is 17.2 Å². The Morgan fingerprint density at radius 2 is 1.75 bits per heavy atom. The quantitative estimate of drug-likeness (QED) is 0.861. The summed E-state index contributed by atoms with van der Waals surface area (Å²) in [6, 6.07) is 3.64. The summed E-state index contributed by atoms with van der Waals surface area (Å²) in [6.07, 6.45) is 1.45. The maximum Gasteiger partial charge on any atom is 0.412 e. The Morgan fingerprint density at radius 3 is 2.17 bits per heavy atom. The highest BCUT2D eigenvalue weighted by molar-refractivity contribution is 5.87. The van der Waals surface area contributed by atoms with Crippen LogP contribution in [0.1, 0.15) is 46.1 Å². The lowest BCUT2D eigenvalue weighted by Crippen LogP contribution is -2.33. The molecule has 1 amide bonds. The second-order valence-corrected chi connectivity index (χ2v) is 7.32. The fraction of sp³-hybridized carbons (Fsp3) is 0.611. The number of rotatable bonds is 5. The Bertz CT molecular complexity index is 616. The van der Waals surface area contributed by atoms with Crippen molar-refractivity contribution in [2.75, 3.05) is 19.5 Å². The van der Waals surface area contributed by atoms with Gasteiger partial charge in [-0.05, 0) is 52.2 Å². The average Bonchev–Trinajstić information content (AvgIpc) is 3.26. The SMILES string of the molecule is COc1cc(NC(=O)OC(C)(C)C)c(C2(C(C)N)CC2)cc1OC. The number of hydrogen-bond donors (Lipinski definition) is 2. The Kier molecular flexibility index (Phi) is 4.99. The number of ether oxygens (including phenoxy) is 3. The zero-order chi connectivity index (χ0) is 18.1. The fourth-order valence-electron chi connectivity index (χ4n) is 2.91. The lowest BCUT2D eigenvalue weighted by molar-refractivity contribution is 0.0635. The van der Waals surface area contributed by atoms with Crippen molar-refractivity contribution < 1.29 is 19.0 Å². The monoisotopic (exact) mass is 336 g/mol. The Hall–Kier alpha value is -1.95. The van der Waals surface area contributed by atoms with E-state index in [0.717, 1.165) is 18.4 Å². The zero-order valence-electron chi connectivity index (χ0n) is 15.4. The van der Waals surface area contributed by atoms with Crippen LogP contribution in [-0.2, 0) is 10.2 Å². The molecule has 1 atom stereocenters. The molecule has 2 rings (SSSR count). The van der Waals surface area contributed by atoms with Crippen LogP contribution in [0.2, 0.25) is 0 Å². The smallest absolute Gasteiger partial charge is 0.412 e. The largest absolute Gasteiger partial charge is 0.493 e. The molecule has 0 aromatic heterocycles. The van der Waals surface area contributed by atoms with Gasteiger partial charge in [-0.2, -0.15) is 0 Å². The molecule has 1 unspecified atom stereocenters. The van der Waals surface area contributed by atoms with Crippen LogP contribution in [0.25, 0.3) is 0 Å². The molecule has 24 heavy (non-hydrogen) atoms. The van der Waals surface area contributed by atoms with Crippen LogP contribution >= 0.6 is 0 Å². The third kappa shape index (κ3) is 3.75. The molecule has 0 spiro atoms. The first-order valence-electron chi connectivity index (χ1n) is 8.15. The first-order valence-corrected chi connectivity index (χ1v) is 8.15. The Morgan fingerprint density at radius 1 is 1.21 bits per heavy atom. The number of anilines is 1. The van der Waals surface area contributed by atoms with Crippen LogP contribution in [0.15, 0.2) is 12.1 Å². The first kappa shape index (κ1) is 18.4. The maximum absolute atomic E-state index is 12.2. The molecule has 0 heterocycles. The minimum absolute atomic E-state index is 0.0326. The van der Waals surface area contributed by atoms with Crippen LogP contribution in [0.5, 0.6) is 11.5 Å². The highest BCUT2D eigenvalue weighted by atomic mass is 16.6. The van der Waals surface area contributed by atoms with Crippen molar-refractivity contribution in [1.82, 2.24) is 0 Å². The number of hydrogen-bond acceptors (Lipinski definition) is 5. The molecule has 0 radical (unpaired) electrons. The normalized spacial score (nSPS) is 17.0. The van der Waals surface area contributed by atoms with E-state index in [1.807, 2.05) is 33.8 Å². The zero-order valence-corrected chi connectivity index (χ0v) is 15.4. The fourth-order valence-corrected chi connectivity index (χ4v) is 2.91. The third-order valence-corrected chi connectivity index (χ3v) is 4.36. The summed E-state index contributed by atoms with van der Waals surface area (Å²) in [7, 11) is 3.15. The molecule has 3 N–H and O–H groups in total. The molecule has 1 aliphatic rings. The van der Waals surface area contributed by atoms with Crippen LogP contribution in [0, 0.1) is 0 Å². The highest BCUT2D eigenvalue weighted by Crippen LogP contribution is 2.54. The van der Waals surface area contributed by atoms with Crippen molar-refractivity contribution in [3.8, 4) is 11.5 Å². The molecule has 134 valence electrons. The van der Waals surface area contributed by atoms with E-state index in [1.54, 1.807) is 20.3 Å². The second kappa shape index (κ2) is 6.51. The summed E-state index contributed by atoms with van der Waals surface area (Å²) in [6.45, 7) is 7.46. The summed E-state index contributed by atoms with van der Waals surface area (Å²) in [5.41, 5.74) is 7.10. The maximum atomic E-state index is 12.2. The molecule has 6 heteroatoms. The van der Waals surface area contributed by atoms with Crippen molar-refractivity contribution in [3.63, 3.8) is 0 Å². The van der Waals surface area contributed by atoms with Gasteiger partial charge in [0.25, 0.3) is 0 Å². The number of benzene rings is 1. The van der Waals surface area contributed by atoms with Crippen molar-refractivity contribution in [3.05, 3.63) is 17.7 Å². The van der Waals surface area contributed by atoms with E-state index >= 15 is 0 Å². The van der Waals surface area contributed by atoms with Gasteiger partial charge in [0.1, 0.15) is 5.60 Å². The average molecular weight is 336 g/mol. The molecule has 1 aliphatic carbocycles. The lowest BCUT2D eigenvalue weighted by Gasteiger charge is -2.26. The number of amides is 1. The Balaban J connectivity index is 2.43. The van der Waals surface area contributed by atoms with Gasteiger partial charge in [-0.25, -0.2) is 4.79 Å². The molecule has 1 aromatic carbocycles. The molecule has 1 saturated carbocycles. The number of carbonyl (C=O) groups excluding carboxylic acids is 1. The lowest BCUT2D eigenvalue weighted by atomic mass is 9.87. The first-order chi connectivity index (χ1) is 11.1. The van der Waals surface area contributed by atoms with Gasteiger partial charge < -0.3 is 19.9 Å². The minimum Gasteiger partial charge on any atom is -0.493 e. The summed E-state index contributed by atoms with van der Waals surface area (Å²) in [5.74, 6) is 1.17. The summed E-state index contributed by atoms with van der Waals surface area (Å²) in [5, 5.41) is 2.84. The summed E-state index contributed by atoms with van der Waals surface area (Å²) < 4.78 is 16.1. The second-order valence-electron chi connectivity index (χ2n) is 7.32. The molecular weight excluding hydrogens is 308 g/mol. The standard InChI is InChI=1S/C18H28N2O4/c1-11(19)18(7-8-18)12-9-14(22-5)15(23-6)10-13(12)20-16(21)24-17(2,3)4/h9-11H,7-8,19H2,1-6H3,(H,20,21). The predicted octanol–water partition coefficient (Wildman–Crippen LogP) is 3.43. The molecule has 0 saturated heterocycles. The Labute approximate surface area is 143 Å². The van der Waals surface area contributed by atoms with Crippen LogP contribution < -0.4 is 20.5 Å². The predicted molar refractivity (Wildman–Crippen MR) is 94.0 cm³/mol. The highest BCUT2D eigenvalue weighted by Gasteiger charge is 2.49. The third-order valence-electron chi connectivity index (χ3n) is 4.36. The number of carbonyl (C=O) groups is 1. The molecule has 0 bridgehead atoms. The van der Waals surface area contributed by atoms with Crippen molar-refractivity contribution in [2.45, 2.75) is 57.6 Å². The van der Waals surface area contributed by atoms with Gasteiger partial charge >= 0.3 is 6.09 Å². The van der Waals surface area contributed by atoms with E-state index in [9.17, 15) is 4.79 Å². The number of nitrogens with two attached hydrogens (primary N) is 1. The van der Waals surface area contributed by atoms with Gasteiger partial charge in [0.05, 0.1) is 19.9 Å². The number of nitrogens with one attached hydrogen (secondary N) is 1. The topological polar surface area (TPSA) is 82.8 Å². The van der Waals surface area contributed by atoms with Crippen molar-refractivity contribution in [1.29, 1.82) is 0 Å². The van der Waals surface area contributed by atoms with Crippen LogP contribution in [-0.4, -0.2) is 32.0 Å². The van der Waals surface area contributed by atoms with E-state index in [1.165, 1.54) is 0 Å². The van der Waals surface area contributed by atoms with E-state index in [4.69, 9.17) is 19.9 Å².